The number of aliphatic hydroxyl groups is 2. The lowest BCUT2D eigenvalue weighted by molar-refractivity contribution is -0.0254. The molecule has 2 heterocycles. The van der Waals surface area contributed by atoms with Crippen molar-refractivity contribution in [3.05, 3.63) is 47.5 Å². The summed E-state index contributed by atoms with van der Waals surface area (Å²) in [5.41, 5.74) is 2.44. The second-order valence-corrected chi connectivity index (χ2v) is 9.83. The van der Waals surface area contributed by atoms with Gasteiger partial charge < -0.3 is 34.2 Å². The Hall–Kier alpha value is -1.90. The Morgan fingerprint density at radius 1 is 1.05 bits per heavy atom. The molecule has 2 aromatic carbocycles. The SMILES string of the molecule is CCCCOc1ccc(N(C)CCC2(O)CCN(CCc3ccc4c(c3)OCO4)CC2)c(CO)c1.Cl.Cl. The monoisotopic (exact) mass is 556 g/mol. The van der Waals surface area contributed by atoms with Crippen LogP contribution in [-0.4, -0.2) is 67.3 Å². The van der Waals surface area contributed by atoms with Crippen molar-refractivity contribution in [2.24, 2.45) is 0 Å². The summed E-state index contributed by atoms with van der Waals surface area (Å²) in [7, 11) is 2.02. The summed E-state index contributed by atoms with van der Waals surface area (Å²) in [6.45, 7) is 6.61. The summed E-state index contributed by atoms with van der Waals surface area (Å²) in [5, 5.41) is 21.1. The molecule has 9 heteroatoms. The Morgan fingerprint density at radius 3 is 2.54 bits per heavy atom. The van der Waals surface area contributed by atoms with Gasteiger partial charge in [-0.05, 0) is 68.0 Å². The van der Waals surface area contributed by atoms with Crippen LogP contribution in [0, 0.1) is 0 Å². The second kappa shape index (κ2) is 14.9. The van der Waals surface area contributed by atoms with Crippen molar-refractivity contribution in [3.8, 4) is 17.2 Å². The highest BCUT2D eigenvalue weighted by atomic mass is 35.5. The van der Waals surface area contributed by atoms with Gasteiger partial charge in [0.05, 0.1) is 18.8 Å². The normalized spacial score (nSPS) is 16.0. The number of likely N-dealkylation sites (tertiary alicyclic amines) is 1. The largest absolute Gasteiger partial charge is 0.494 e. The lowest BCUT2D eigenvalue weighted by atomic mass is 9.88. The highest BCUT2D eigenvalue weighted by Crippen LogP contribution is 2.33. The first-order chi connectivity index (χ1) is 17.0. The minimum Gasteiger partial charge on any atom is -0.494 e. The first-order valence-corrected chi connectivity index (χ1v) is 12.9. The van der Waals surface area contributed by atoms with Gasteiger partial charge in [-0.3, -0.25) is 0 Å². The highest BCUT2D eigenvalue weighted by Gasteiger charge is 2.32. The smallest absolute Gasteiger partial charge is 0.231 e. The zero-order valence-corrected chi connectivity index (χ0v) is 23.6. The van der Waals surface area contributed by atoms with Crippen LogP contribution in [0.3, 0.4) is 0 Å². The van der Waals surface area contributed by atoms with Crippen LogP contribution in [0.2, 0.25) is 0 Å². The molecule has 0 amide bonds. The maximum atomic E-state index is 11.2. The number of benzene rings is 2. The van der Waals surface area contributed by atoms with Crippen LogP contribution in [0.5, 0.6) is 17.2 Å². The van der Waals surface area contributed by atoms with Gasteiger partial charge in [-0.25, -0.2) is 0 Å². The molecule has 0 bridgehead atoms. The number of anilines is 1. The zero-order valence-electron chi connectivity index (χ0n) is 22.0. The molecule has 1 saturated heterocycles. The van der Waals surface area contributed by atoms with E-state index in [-0.39, 0.29) is 31.4 Å². The number of nitrogens with zero attached hydrogens (tertiary/aromatic N) is 2. The summed E-state index contributed by atoms with van der Waals surface area (Å²) in [6.07, 6.45) is 5.33. The second-order valence-electron chi connectivity index (χ2n) is 9.83. The van der Waals surface area contributed by atoms with Crippen LogP contribution in [-0.2, 0) is 13.0 Å². The number of aliphatic hydroxyl groups excluding tert-OH is 1. The molecule has 0 aliphatic carbocycles. The van der Waals surface area contributed by atoms with Gasteiger partial charge in [0, 0.05) is 44.5 Å². The molecule has 37 heavy (non-hydrogen) atoms. The van der Waals surface area contributed by atoms with Gasteiger partial charge in [-0.2, -0.15) is 0 Å². The van der Waals surface area contributed by atoms with E-state index in [4.69, 9.17) is 14.2 Å². The lowest BCUT2D eigenvalue weighted by Crippen LogP contribution is -2.46. The van der Waals surface area contributed by atoms with E-state index in [1.165, 1.54) is 5.56 Å². The molecule has 0 atom stereocenters. The van der Waals surface area contributed by atoms with E-state index in [9.17, 15) is 10.2 Å². The van der Waals surface area contributed by atoms with Gasteiger partial charge >= 0.3 is 0 Å². The first-order valence-electron chi connectivity index (χ1n) is 12.9. The fourth-order valence-electron chi connectivity index (χ4n) is 4.81. The number of ether oxygens (including phenoxy) is 3. The first kappa shape index (κ1) is 31.3. The molecule has 0 saturated carbocycles. The van der Waals surface area contributed by atoms with Crippen LogP contribution < -0.4 is 19.1 Å². The average Bonchev–Trinajstić information content (AvgIpc) is 3.35. The summed E-state index contributed by atoms with van der Waals surface area (Å²) < 4.78 is 16.7. The third-order valence-electron chi connectivity index (χ3n) is 7.25. The number of piperidine rings is 1. The topological polar surface area (TPSA) is 74.6 Å². The van der Waals surface area contributed by atoms with Crippen molar-refractivity contribution in [2.45, 2.75) is 57.7 Å². The van der Waals surface area contributed by atoms with Gasteiger partial charge in [0.25, 0.3) is 0 Å². The maximum Gasteiger partial charge on any atom is 0.231 e. The van der Waals surface area contributed by atoms with Crippen molar-refractivity contribution >= 4 is 30.5 Å². The highest BCUT2D eigenvalue weighted by molar-refractivity contribution is 5.85. The summed E-state index contributed by atoms with van der Waals surface area (Å²) in [6, 6.07) is 12.1. The van der Waals surface area contributed by atoms with E-state index >= 15 is 0 Å². The maximum absolute atomic E-state index is 11.2. The quantitative estimate of drug-likeness (QED) is 0.363. The van der Waals surface area contributed by atoms with Crippen molar-refractivity contribution < 1.29 is 24.4 Å². The summed E-state index contributed by atoms with van der Waals surface area (Å²) in [5.74, 6) is 2.46. The average molecular weight is 558 g/mol. The lowest BCUT2D eigenvalue weighted by Gasteiger charge is -2.39. The number of hydrogen-bond donors (Lipinski definition) is 2. The predicted octanol–water partition coefficient (Wildman–Crippen LogP) is 4.83. The van der Waals surface area contributed by atoms with E-state index in [0.717, 1.165) is 86.8 Å². The number of rotatable bonds is 12. The number of unbranched alkanes of at least 4 members (excludes halogenated alkanes) is 1. The van der Waals surface area contributed by atoms with Crippen LogP contribution in [0.15, 0.2) is 36.4 Å². The molecule has 0 unspecified atom stereocenters. The van der Waals surface area contributed by atoms with E-state index in [2.05, 4.69) is 28.9 Å². The molecule has 208 valence electrons. The van der Waals surface area contributed by atoms with Crippen molar-refractivity contribution in [2.75, 3.05) is 51.5 Å². The standard InChI is InChI=1S/C28H40N2O5.2ClH/c1-3-4-17-33-24-6-7-25(23(19-24)20-31)29(2)14-10-28(32)11-15-30(16-12-28)13-9-22-5-8-26-27(18-22)35-21-34-26;;/h5-8,18-19,31-32H,3-4,9-17,20-21H2,1-2H3;2*1H. The van der Waals surface area contributed by atoms with Gasteiger partial charge in [0.1, 0.15) is 5.75 Å². The van der Waals surface area contributed by atoms with Crippen molar-refractivity contribution in [1.29, 1.82) is 0 Å². The van der Waals surface area contributed by atoms with Gasteiger partial charge in [0.2, 0.25) is 6.79 Å². The Kier molecular flexibility index (Phi) is 12.6. The van der Waals surface area contributed by atoms with Crippen molar-refractivity contribution in [3.63, 3.8) is 0 Å². The molecule has 2 aromatic rings. The number of fused-ring (bicyclic) bond motifs is 1. The molecule has 2 aliphatic rings. The minimum atomic E-state index is -0.647. The van der Waals surface area contributed by atoms with Gasteiger partial charge in [-0.15, -0.1) is 24.8 Å². The van der Waals surface area contributed by atoms with Crippen LogP contribution in [0.1, 0.15) is 50.2 Å². The zero-order chi connectivity index (χ0) is 24.7. The molecule has 0 aromatic heterocycles. The Morgan fingerprint density at radius 2 is 1.81 bits per heavy atom. The number of hydrogen-bond acceptors (Lipinski definition) is 7. The molecule has 2 aliphatic heterocycles. The predicted molar refractivity (Wildman–Crippen MR) is 152 cm³/mol. The van der Waals surface area contributed by atoms with Crippen LogP contribution in [0.4, 0.5) is 5.69 Å². The number of halogens is 2. The Balaban J connectivity index is 0.00000241. The molecule has 0 radical (unpaired) electrons. The molecule has 1 fully saturated rings. The summed E-state index contributed by atoms with van der Waals surface area (Å²) >= 11 is 0. The summed E-state index contributed by atoms with van der Waals surface area (Å²) in [4.78, 5) is 4.56. The van der Waals surface area contributed by atoms with E-state index in [0.29, 0.717) is 19.8 Å². The van der Waals surface area contributed by atoms with Crippen LogP contribution >= 0.6 is 24.8 Å². The van der Waals surface area contributed by atoms with E-state index in [1.54, 1.807) is 0 Å². The molecule has 2 N–H and O–H groups in total. The van der Waals surface area contributed by atoms with E-state index < -0.39 is 5.60 Å². The molecule has 0 spiro atoms. The van der Waals surface area contributed by atoms with Gasteiger partial charge in [0.15, 0.2) is 11.5 Å². The molecule has 4 rings (SSSR count). The molecule has 7 nitrogen and oxygen atoms in total. The fourth-order valence-corrected chi connectivity index (χ4v) is 4.81. The molecular weight excluding hydrogens is 515 g/mol. The third-order valence-corrected chi connectivity index (χ3v) is 7.25. The van der Waals surface area contributed by atoms with Gasteiger partial charge in [-0.1, -0.05) is 19.4 Å². The van der Waals surface area contributed by atoms with Crippen LogP contribution in [0.25, 0.3) is 0 Å². The molecular formula is C28H42Cl2N2O5. The third kappa shape index (κ3) is 8.55. The Labute approximate surface area is 233 Å². The van der Waals surface area contributed by atoms with Crippen molar-refractivity contribution in [1.82, 2.24) is 4.90 Å². The Bertz CT molecular complexity index is 970. The van der Waals surface area contributed by atoms with E-state index in [1.807, 2.05) is 31.3 Å². The minimum absolute atomic E-state index is 0. The fraction of sp³-hybridized carbons (Fsp3) is 0.571.